The number of nitrogens with one attached hydrogen (secondary N) is 1. The van der Waals surface area contributed by atoms with Crippen molar-refractivity contribution in [1.29, 1.82) is 0 Å². The molecule has 2 N–H and O–H groups in total. The lowest BCUT2D eigenvalue weighted by atomic mass is 10.2. The summed E-state index contributed by atoms with van der Waals surface area (Å²) in [7, 11) is 0. The van der Waals surface area contributed by atoms with Crippen molar-refractivity contribution in [3.63, 3.8) is 0 Å². The van der Waals surface area contributed by atoms with Crippen LogP contribution in [0.25, 0.3) is 0 Å². The maximum absolute atomic E-state index is 10.8. The first-order chi connectivity index (χ1) is 8.58. The van der Waals surface area contributed by atoms with Crippen LogP contribution in [0.5, 0.6) is 5.75 Å². The van der Waals surface area contributed by atoms with Crippen molar-refractivity contribution in [1.82, 2.24) is 0 Å². The summed E-state index contributed by atoms with van der Waals surface area (Å²) in [5, 5.41) is 22.8. The fraction of sp³-hybridized carbons (Fsp3) is 0.500. The summed E-state index contributed by atoms with van der Waals surface area (Å²) in [5.41, 5.74) is 0.638. The van der Waals surface area contributed by atoms with Crippen molar-refractivity contribution in [3.8, 4) is 5.75 Å². The highest BCUT2D eigenvalue weighted by atomic mass is 16.6. The van der Waals surface area contributed by atoms with Crippen LogP contribution in [0.3, 0.4) is 0 Å². The van der Waals surface area contributed by atoms with Gasteiger partial charge in [-0.25, -0.2) is 0 Å². The van der Waals surface area contributed by atoms with Crippen LogP contribution in [0.1, 0.15) is 20.3 Å². The average Bonchev–Trinajstić information content (AvgIpc) is 2.36. The van der Waals surface area contributed by atoms with E-state index in [2.05, 4.69) is 5.32 Å². The number of benzene rings is 1. The highest BCUT2D eigenvalue weighted by Gasteiger charge is 2.15. The van der Waals surface area contributed by atoms with Gasteiger partial charge in [0.1, 0.15) is 0 Å². The van der Waals surface area contributed by atoms with E-state index in [1.54, 1.807) is 12.1 Å². The first kappa shape index (κ1) is 14.2. The van der Waals surface area contributed by atoms with Gasteiger partial charge in [0.15, 0.2) is 5.75 Å². The molecule has 1 atom stereocenters. The molecule has 0 saturated heterocycles. The Hall–Kier alpha value is -1.82. The van der Waals surface area contributed by atoms with Crippen molar-refractivity contribution >= 4 is 11.4 Å². The molecule has 0 aliphatic heterocycles. The molecule has 0 heterocycles. The lowest BCUT2D eigenvalue weighted by Crippen LogP contribution is -2.19. The molecule has 0 bridgehead atoms. The fourth-order valence-electron chi connectivity index (χ4n) is 1.41. The number of nitrogens with zero attached hydrogens (tertiary/aromatic N) is 1. The molecule has 1 aromatic carbocycles. The number of anilines is 1. The van der Waals surface area contributed by atoms with E-state index < -0.39 is 4.92 Å². The highest BCUT2D eigenvalue weighted by molar-refractivity contribution is 5.58. The van der Waals surface area contributed by atoms with Crippen LogP contribution in [-0.4, -0.2) is 29.3 Å². The molecule has 18 heavy (non-hydrogen) atoms. The Morgan fingerprint density at radius 2 is 2.28 bits per heavy atom. The van der Waals surface area contributed by atoms with Crippen LogP contribution < -0.4 is 10.1 Å². The van der Waals surface area contributed by atoms with Crippen molar-refractivity contribution in [3.05, 3.63) is 28.3 Å². The second kappa shape index (κ2) is 6.80. The molecular weight excluding hydrogens is 236 g/mol. The molecule has 1 aromatic rings. The Morgan fingerprint density at radius 1 is 1.56 bits per heavy atom. The molecule has 0 radical (unpaired) electrons. The molecule has 1 unspecified atom stereocenters. The van der Waals surface area contributed by atoms with Crippen LogP contribution >= 0.6 is 0 Å². The number of rotatable bonds is 7. The summed E-state index contributed by atoms with van der Waals surface area (Å²) in [6.07, 6.45) is 0.780. The van der Waals surface area contributed by atoms with Crippen molar-refractivity contribution in [2.45, 2.75) is 26.3 Å². The zero-order chi connectivity index (χ0) is 13.5. The lowest BCUT2D eigenvalue weighted by Gasteiger charge is -2.13. The van der Waals surface area contributed by atoms with Crippen LogP contribution in [0, 0.1) is 10.1 Å². The van der Waals surface area contributed by atoms with Gasteiger partial charge in [-0.05, 0) is 19.4 Å². The van der Waals surface area contributed by atoms with E-state index in [0.717, 1.165) is 6.42 Å². The van der Waals surface area contributed by atoms with E-state index in [9.17, 15) is 10.1 Å². The van der Waals surface area contributed by atoms with Gasteiger partial charge in [0.25, 0.3) is 0 Å². The summed E-state index contributed by atoms with van der Waals surface area (Å²) in [5.74, 6) is 0.247. The molecule has 1 rings (SSSR count). The topological polar surface area (TPSA) is 84.6 Å². The molecule has 0 aliphatic rings. The second-order valence-electron chi connectivity index (χ2n) is 4.02. The Labute approximate surface area is 106 Å². The number of ether oxygens (including phenoxy) is 1. The van der Waals surface area contributed by atoms with Crippen molar-refractivity contribution in [2.24, 2.45) is 0 Å². The average molecular weight is 254 g/mol. The normalized spacial score (nSPS) is 11.9. The summed E-state index contributed by atoms with van der Waals surface area (Å²) >= 11 is 0. The van der Waals surface area contributed by atoms with E-state index in [1.807, 2.05) is 13.8 Å². The van der Waals surface area contributed by atoms with E-state index >= 15 is 0 Å². The highest BCUT2D eigenvalue weighted by Crippen LogP contribution is 2.30. The quantitative estimate of drug-likeness (QED) is 0.575. The third-order valence-corrected chi connectivity index (χ3v) is 2.31. The van der Waals surface area contributed by atoms with Crippen molar-refractivity contribution in [2.75, 3.05) is 18.5 Å². The van der Waals surface area contributed by atoms with Gasteiger partial charge in [-0.2, -0.15) is 0 Å². The predicted molar refractivity (Wildman–Crippen MR) is 69.1 cm³/mol. The smallest absolute Gasteiger partial charge is 0.311 e. The standard InChI is InChI=1S/C12H18N2O4/c1-3-6-18-12-7-10(13-9(2)8-15)4-5-11(12)14(16)17/h4-5,7,9,13,15H,3,6,8H2,1-2H3. The molecule has 0 saturated carbocycles. The van der Waals surface area contributed by atoms with E-state index in [4.69, 9.17) is 9.84 Å². The molecule has 0 fully saturated rings. The Kier molecular flexibility index (Phi) is 5.38. The molecule has 6 nitrogen and oxygen atoms in total. The van der Waals surface area contributed by atoms with Crippen LogP contribution in [0.4, 0.5) is 11.4 Å². The zero-order valence-corrected chi connectivity index (χ0v) is 10.5. The molecule has 0 amide bonds. The summed E-state index contributed by atoms with van der Waals surface area (Å²) < 4.78 is 5.36. The minimum Gasteiger partial charge on any atom is -0.487 e. The monoisotopic (exact) mass is 254 g/mol. The third-order valence-electron chi connectivity index (χ3n) is 2.31. The first-order valence-corrected chi connectivity index (χ1v) is 5.87. The van der Waals surface area contributed by atoms with Crippen LogP contribution in [0.15, 0.2) is 18.2 Å². The van der Waals surface area contributed by atoms with E-state index in [0.29, 0.717) is 12.3 Å². The SMILES string of the molecule is CCCOc1cc(NC(C)CO)ccc1[N+](=O)[O-]. The number of aliphatic hydroxyl groups excluding tert-OH is 1. The number of hydrogen-bond acceptors (Lipinski definition) is 5. The lowest BCUT2D eigenvalue weighted by molar-refractivity contribution is -0.385. The Balaban J connectivity index is 2.93. The minimum atomic E-state index is -0.468. The molecule has 100 valence electrons. The van der Waals surface area contributed by atoms with Gasteiger partial charge in [0, 0.05) is 23.9 Å². The third kappa shape index (κ3) is 3.89. The summed E-state index contributed by atoms with van der Waals surface area (Å²) in [4.78, 5) is 10.4. The fourth-order valence-corrected chi connectivity index (χ4v) is 1.41. The van der Waals surface area contributed by atoms with Gasteiger partial charge >= 0.3 is 5.69 Å². The molecular formula is C12H18N2O4. The van der Waals surface area contributed by atoms with Crippen LogP contribution in [-0.2, 0) is 0 Å². The van der Waals surface area contributed by atoms with Crippen LogP contribution in [0.2, 0.25) is 0 Å². The largest absolute Gasteiger partial charge is 0.487 e. The van der Waals surface area contributed by atoms with Gasteiger partial charge < -0.3 is 15.2 Å². The summed E-state index contributed by atoms with van der Waals surface area (Å²) in [6.45, 7) is 4.16. The Bertz CT molecular complexity index is 409. The maximum atomic E-state index is 10.8. The van der Waals surface area contributed by atoms with Gasteiger partial charge in [-0.15, -0.1) is 0 Å². The number of hydrogen-bond donors (Lipinski definition) is 2. The van der Waals surface area contributed by atoms with Gasteiger partial charge in [0.05, 0.1) is 18.1 Å². The molecule has 0 aromatic heterocycles. The number of nitro benzene ring substituents is 1. The second-order valence-corrected chi connectivity index (χ2v) is 4.02. The number of nitro groups is 1. The maximum Gasteiger partial charge on any atom is 0.311 e. The minimum absolute atomic E-state index is 0.0118. The number of aliphatic hydroxyl groups is 1. The zero-order valence-electron chi connectivity index (χ0n) is 10.5. The Morgan fingerprint density at radius 3 is 2.83 bits per heavy atom. The first-order valence-electron chi connectivity index (χ1n) is 5.87. The predicted octanol–water partition coefficient (Wildman–Crippen LogP) is 2.18. The summed E-state index contributed by atoms with van der Waals surface area (Å²) in [6, 6.07) is 4.46. The molecule has 6 heteroatoms. The van der Waals surface area contributed by atoms with E-state index in [1.165, 1.54) is 6.07 Å². The van der Waals surface area contributed by atoms with Gasteiger partial charge in [0.2, 0.25) is 0 Å². The van der Waals surface area contributed by atoms with Gasteiger partial charge in [-0.3, -0.25) is 10.1 Å². The van der Waals surface area contributed by atoms with Crippen molar-refractivity contribution < 1.29 is 14.8 Å². The molecule has 0 spiro atoms. The molecule has 0 aliphatic carbocycles. The van der Waals surface area contributed by atoms with E-state index in [-0.39, 0.29) is 24.1 Å². The van der Waals surface area contributed by atoms with Gasteiger partial charge in [-0.1, -0.05) is 6.92 Å².